The molecule has 1 saturated carbocycles. The van der Waals surface area contributed by atoms with Gasteiger partial charge in [0, 0.05) is 24.5 Å². The van der Waals surface area contributed by atoms with Crippen LogP contribution in [0.5, 0.6) is 5.75 Å². The number of fused-ring (bicyclic) bond motifs is 3. The molecule has 3 unspecified atom stereocenters. The average Bonchev–Trinajstić information content (AvgIpc) is 2.74. The van der Waals surface area contributed by atoms with Gasteiger partial charge in [0.1, 0.15) is 22.8 Å². The Labute approximate surface area is 201 Å². The molecule has 1 aromatic rings. The molecular weight excluding hydrogens is 480 g/mol. The Balaban J connectivity index is 1.76. The summed E-state index contributed by atoms with van der Waals surface area (Å²) in [5, 5.41) is 43.3. The van der Waals surface area contributed by atoms with Gasteiger partial charge >= 0.3 is 0 Å². The minimum atomic E-state index is -3.35. The number of Topliss-reactive ketones (excluding diaryl/α,β-unsaturated/α-hetero) is 2. The molecule has 0 aromatic heterocycles. The number of aryl methyl sites for hydroxylation is 1. The Morgan fingerprint density at radius 3 is 2.51 bits per heavy atom. The number of carbonyl (C=O) groups excluding carboxylic acids is 3. The molecule has 12 heteroatoms. The fourth-order valence-electron chi connectivity index (χ4n) is 5.46. The molecule has 0 heterocycles. The molecule has 35 heavy (non-hydrogen) atoms. The van der Waals surface area contributed by atoms with E-state index in [2.05, 4.69) is 4.72 Å². The predicted molar refractivity (Wildman–Crippen MR) is 123 cm³/mol. The molecule has 1 fully saturated rings. The number of hydrogen-bond donors (Lipinski definition) is 6. The van der Waals surface area contributed by atoms with E-state index in [1.807, 2.05) is 0 Å². The van der Waals surface area contributed by atoms with E-state index in [0.717, 1.165) is 11.8 Å². The number of phenolic OH excluding ortho intramolecular Hbond substituents is 1. The van der Waals surface area contributed by atoms with Crippen LogP contribution in [-0.4, -0.2) is 64.7 Å². The van der Waals surface area contributed by atoms with Crippen LogP contribution < -0.4 is 10.5 Å². The van der Waals surface area contributed by atoms with Gasteiger partial charge in [-0.1, -0.05) is 6.07 Å². The topological polar surface area (TPSA) is 204 Å². The second-order valence-electron chi connectivity index (χ2n) is 9.27. The molecular formula is C23H26N2O9S. The minimum absolute atomic E-state index is 0.0192. The van der Waals surface area contributed by atoms with Crippen molar-refractivity contribution in [2.24, 2.45) is 17.6 Å². The van der Waals surface area contributed by atoms with E-state index in [9.17, 15) is 43.2 Å². The number of sulfonamides is 1. The molecule has 188 valence electrons. The first kappa shape index (κ1) is 24.9. The number of rotatable bonds is 6. The van der Waals surface area contributed by atoms with Crippen molar-refractivity contribution in [1.29, 1.82) is 0 Å². The van der Waals surface area contributed by atoms with Crippen LogP contribution in [0.2, 0.25) is 0 Å². The van der Waals surface area contributed by atoms with E-state index in [1.54, 1.807) is 6.07 Å². The summed E-state index contributed by atoms with van der Waals surface area (Å²) in [6.45, 7) is 0.189. The lowest BCUT2D eigenvalue weighted by atomic mass is 9.59. The lowest BCUT2D eigenvalue weighted by Crippen LogP contribution is -2.58. The van der Waals surface area contributed by atoms with Crippen molar-refractivity contribution in [3.63, 3.8) is 0 Å². The predicted octanol–water partition coefficient (Wildman–Crippen LogP) is -0.0943. The summed E-state index contributed by atoms with van der Waals surface area (Å²) >= 11 is 0. The van der Waals surface area contributed by atoms with Crippen LogP contribution in [-0.2, 0) is 37.2 Å². The molecule has 0 spiro atoms. The van der Waals surface area contributed by atoms with E-state index < -0.39 is 62.0 Å². The Hall–Kier alpha value is -3.22. The molecule has 0 radical (unpaired) electrons. The van der Waals surface area contributed by atoms with Crippen molar-refractivity contribution in [3.05, 3.63) is 45.7 Å². The summed E-state index contributed by atoms with van der Waals surface area (Å²) in [7, 11) is -3.35. The van der Waals surface area contributed by atoms with Crippen LogP contribution >= 0.6 is 0 Å². The number of benzene rings is 1. The third-order valence-electron chi connectivity index (χ3n) is 7.03. The molecule has 3 aliphatic carbocycles. The first-order valence-electron chi connectivity index (χ1n) is 11.0. The minimum Gasteiger partial charge on any atom is -0.508 e. The molecule has 4 rings (SSSR count). The van der Waals surface area contributed by atoms with Crippen LogP contribution in [0.15, 0.2) is 29.0 Å². The van der Waals surface area contributed by atoms with Crippen molar-refractivity contribution in [1.82, 2.24) is 4.72 Å². The van der Waals surface area contributed by atoms with E-state index in [1.165, 1.54) is 6.07 Å². The van der Waals surface area contributed by atoms with E-state index in [4.69, 9.17) is 5.73 Å². The van der Waals surface area contributed by atoms with Gasteiger partial charge in [-0.2, -0.15) is 0 Å². The van der Waals surface area contributed by atoms with Gasteiger partial charge in [0.2, 0.25) is 15.8 Å². The van der Waals surface area contributed by atoms with Crippen LogP contribution in [0, 0.1) is 11.8 Å². The molecule has 0 aliphatic heterocycles. The van der Waals surface area contributed by atoms with Crippen molar-refractivity contribution in [3.8, 4) is 5.75 Å². The Morgan fingerprint density at radius 1 is 1.20 bits per heavy atom. The van der Waals surface area contributed by atoms with Gasteiger partial charge in [-0.25, -0.2) is 13.1 Å². The van der Waals surface area contributed by atoms with E-state index in [0.29, 0.717) is 18.4 Å². The number of aliphatic hydroxyl groups excluding tert-OH is 2. The maximum atomic E-state index is 13.5. The van der Waals surface area contributed by atoms with Crippen molar-refractivity contribution >= 4 is 33.3 Å². The van der Waals surface area contributed by atoms with Crippen LogP contribution in [0.25, 0.3) is 5.76 Å². The number of aliphatic hydroxyl groups is 3. The zero-order valence-corrected chi connectivity index (χ0v) is 19.7. The lowest BCUT2D eigenvalue weighted by Gasteiger charge is -2.46. The highest BCUT2D eigenvalue weighted by Crippen LogP contribution is 2.52. The number of hydrogen-bond acceptors (Lipinski definition) is 9. The summed E-state index contributed by atoms with van der Waals surface area (Å²) in [4.78, 5) is 37.5. The summed E-state index contributed by atoms with van der Waals surface area (Å²) in [5.41, 5.74) is 2.88. The molecule has 7 N–H and O–H groups in total. The fraction of sp³-hybridized carbons (Fsp3) is 0.435. The number of aromatic hydroxyl groups is 1. The SMILES string of the molecule is CS(=O)(=O)NCCCc1ccc(O)c2c1CC1CC3CC(=O)C(C(N)=O)=C(O)C3(O)C(=O)C1=C2O. The summed E-state index contributed by atoms with van der Waals surface area (Å²) in [6, 6.07) is 3.01. The fourth-order valence-corrected chi connectivity index (χ4v) is 5.97. The van der Waals surface area contributed by atoms with Crippen LogP contribution in [0.4, 0.5) is 0 Å². The normalized spacial score (nSPS) is 26.3. The molecule has 1 amide bonds. The van der Waals surface area contributed by atoms with Crippen molar-refractivity contribution in [2.45, 2.75) is 37.7 Å². The number of nitrogens with two attached hydrogens (primary N) is 1. The highest BCUT2D eigenvalue weighted by Gasteiger charge is 2.60. The van der Waals surface area contributed by atoms with Gasteiger partial charge in [-0.05, 0) is 48.8 Å². The second kappa shape index (κ2) is 8.47. The smallest absolute Gasteiger partial charge is 0.255 e. The van der Waals surface area contributed by atoms with Gasteiger partial charge in [0.25, 0.3) is 5.91 Å². The van der Waals surface area contributed by atoms with Crippen molar-refractivity contribution < 1.29 is 43.2 Å². The van der Waals surface area contributed by atoms with Gasteiger partial charge < -0.3 is 26.2 Å². The first-order chi connectivity index (χ1) is 16.3. The number of carbonyl (C=O) groups is 3. The molecule has 0 bridgehead atoms. The lowest BCUT2D eigenvalue weighted by molar-refractivity contribution is -0.147. The summed E-state index contributed by atoms with van der Waals surface area (Å²) in [5.74, 6) is -6.70. The zero-order valence-electron chi connectivity index (χ0n) is 18.9. The van der Waals surface area contributed by atoms with E-state index >= 15 is 0 Å². The van der Waals surface area contributed by atoms with Gasteiger partial charge in [-0.3, -0.25) is 14.4 Å². The largest absolute Gasteiger partial charge is 0.508 e. The van der Waals surface area contributed by atoms with Gasteiger partial charge in [0.15, 0.2) is 11.4 Å². The Morgan fingerprint density at radius 2 is 1.89 bits per heavy atom. The molecule has 11 nitrogen and oxygen atoms in total. The number of amides is 1. The second-order valence-corrected chi connectivity index (χ2v) is 11.1. The molecule has 3 aliphatic rings. The number of primary amides is 1. The van der Waals surface area contributed by atoms with Gasteiger partial charge in [-0.15, -0.1) is 0 Å². The highest BCUT2D eigenvalue weighted by atomic mass is 32.2. The van der Waals surface area contributed by atoms with Crippen LogP contribution in [0.1, 0.15) is 36.0 Å². The molecule has 0 saturated heterocycles. The highest BCUT2D eigenvalue weighted by molar-refractivity contribution is 7.88. The van der Waals surface area contributed by atoms with Gasteiger partial charge in [0.05, 0.1) is 11.8 Å². The first-order valence-corrected chi connectivity index (χ1v) is 12.9. The van der Waals surface area contributed by atoms with Crippen LogP contribution in [0.3, 0.4) is 0 Å². The number of ketones is 2. The van der Waals surface area contributed by atoms with Crippen molar-refractivity contribution in [2.75, 3.05) is 12.8 Å². The Kier molecular flexibility index (Phi) is 6.02. The number of nitrogens with one attached hydrogen (secondary N) is 1. The summed E-state index contributed by atoms with van der Waals surface area (Å²) < 4.78 is 25.0. The average molecular weight is 507 g/mol. The third-order valence-corrected chi connectivity index (χ3v) is 7.76. The molecule has 1 aromatic carbocycles. The third kappa shape index (κ3) is 4.01. The maximum Gasteiger partial charge on any atom is 0.255 e. The standard InChI is InChI=1S/C23H26N2O9S/c1-35(33,34)25-6-2-3-10-4-5-14(26)17-13(10)8-11-7-12-9-15(27)18(22(24)31)21(30)23(12,32)20(29)16(11)19(17)28/h4-5,11-12,25-26,28,30,32H,2-3,6-9H2,1H3,(H2,24,31). The van der Waals surface area contributed by atoms with E-state index in [-0.39, 0.29) is 42.7 Å². The summed E-state index contributed by atoms with van der Waals surface area (Å²) in [6.07, 6.45) is 1.79. The monoisotopic (exact) mass is 506 g/mol. The number of phenols is 1. The quantitative estimate of drug-likeness (QED) is 0.225. The maximum absolute atomic E-state index is 13.5. The Bertz CT molecular complexity index is 1330. The molecule has 3 atom stereocenters. The zero-order chi connectivity index (χ0) is 25.9.